The number of hydrogen-bond donors (Lipinski definition) is 2. The van der Waals surface area contributed by atoms with Crippen LogP contribution in [-0.2, 0) is 11.2 Å². The van der Waals surface area contributed by atoms with Crippen LogP contribution in [0.15, 0.2) is 30.3 Å². The van der Waals surface area contributed by atoms with E-state index in [-0.39, 0.29) is 0 Å². The average molecular weight is 241 g/mol. The van der Waals surface area contributed by atoms with Crippen LogP contribution in [0.5, 0.6) is 0 Å². The molecule has 2 N–H and O–H groups in total. The highest BCUT2D eigenvalue weighted by Crippen LogP contribution is 1.96. The van der Waals surface area contributed by atoms with E-state index in [0.717, 1.165) is 13.3 Å². The monoisotopic (exact) mass is 241 g/mol. The third kappa shape index (κ3) is 31.3. The quantitative estimate of drug-likeness (QED) is 0.794. The number of carboxylic acids is 1. The van der Waals surface area contributed by atoms with Gasteiger partial charge in [0, 0.05) is 6.92 Å². The number of carboxylic acid groups (broad SMARTS) is 1. The van der Waals surface area contributed by atoms with E-state index >= 15 is 0 Å². The smallest absolute Gasteiger partial charge is 0.300 e. The first-order chi connectivity index (χ1) is 8.08. The van der Waals surface area contributed by atoms with Crippen molar-refractivity contribution in [3.63, 3.8) is 0 Å². The van der Waals surface area contributed by atoms with Crippen molar-refractivity contribution in [1.29, 1.82) is 0 Å². The predicted octanol–water partition coefficient (Wildman–Crippen LogP) is 3.20. The SMILES string of the molecule is CC.CC(=O)O.CCc1ccccc1.CNC. The van der Waals surface area contributed by atoms with Gasteiger partial charge < -0.3 is 10.4 Å². The van der Waals surface area contributed by atoms with Crippen molar-refractivity contribution in [2.24, 2.45) is 0 Å². The molecule has 0 aliphatic heterocycles. The Balaban J connectivity index is -0.000000186. The van der Waals surface area contributed by atoms with E-state index in [2.05, 4.69) is 36.5 Å². The van der Waals surface area contributed by atoms with Crippen LogP contribution < -0.4 is 5.32 Å². The molecule has 0 aromatic heterocycles. The van der Waals surface area contributed by atoms with Crippen LogP contribution in [0.4, 0.5) is 0 Å². The van der Waals surface area contributed by atoms with Gasteiger partial charge in [-0.1, -0.05) is 51.1 Å². The number of aliphatic carboxylic acids is 1. The zero-order valence-electron chi connectivity index (χ0n) is 11.9. The Morgan fingerprint density at radius 3 is 1.65 bits per heavy atom. The number of benzene rings is 1. The van der Waals surface area contributed by atoms with Crippen molar-refractivity contribution < 1.29 is 9.90 Å². The number of rotatable bonds is 1. The van der Waals surface area contributed by atoms with Crippen LogP contribution in [0.2, 0.25) is 0 Å². The molecule has 0 saturated carbocycles. The van der Waals surface area contributed by atoms with Crippen molar-refractivity contribution in [1.82, 2.24) is 5.32 Å². The summed E-state index contributed by atoms with van der Waals surface area (Å²) in [5.41, 5.74) is 1.41. The molecule has 1 rings (SSSR count). The molecule has 0 radical (unpaired) electrons. The zero-order chi connectivity index (χ0) is 14.1. The molecule has 100 valence electrons. The van der Waals surface area contributed by atoms with Crippen molar-refractivity contribution in [2.45, 2.75) is 34.1 Å². The van der Waals surface area contributed by atoms with Gasteiger partial charge in [0.15, 0.2) is 0 Å². The van der Waals surface area contributed by atoms with E-state index in [1.807, 2.05) is 34.0 Å². The summed E-state index contributed by atoms with van der Waals surface area (Å²) >= 11 is 0. The Morgan fingerprint density at radius 2 is 1.47 bits per heavy atom. The largest absolute Gasteiger partial charge is 0.481 e. The first-order valence-electron chi connectivity index (χ1n) is 5.90. The van der Waals surface area contributed by atoms with Gasteiger partial charge in [-0.15, -0.1) is 0 Å². The summed E-state index contributed by atoms with van der Waals surface area (Å²) in [6, 6.07) is 10.5. The second-order valence-corrected chi connectivity index (χ2v) is 2.86. The van der Waals surface area contributed by atoms with Gasteiger partial charge >= 0.3 is 0 Å². The van der Waals surface area contributed by atoms with Crippen LogP contribution in [0.1, 0.15) is 33.3 Å². The molecule has 0 fully saturated rings. The minimum Gasteiger partial charge on any atom is -0.481 e. The highest BCUT2D eigenvalue weighted by molar-refractivity contribution is 5.62. The first-order valence-corrected chi connectivity index (χ1v) is 5.90. The van der Waals surface area contributed by atoms with Gasteiger partial charge in [0.05, 0.1) is 0 Å². The van der Waals surface area contributed by atoms with E-state index in [1.165, 1.54) is 5.56 Å². The summed E-state index contributed by atoms with van der Waals surface area (Å²) in [5, 5.41) is 10.2. The summed E-state index contributed by atoms with van der Waals surface area (Å²) in [6.45, 7) is 7.25. The standard InChI is InChI=1S/C8H10.C2H7N.C2H4O2.C2H6/c1-2-8-6-4-3-5-7-8;1-3-2;1-2(3)4;1-2/h3-7H,2H2,1H3;3H,1-2H3;1H3,(H,3,4);1-2H3. The van der Waals surface area contributed by atoms with Crippen molar-refractivity contribution >= 4 is 5.97 Å². The second-order valence-electron chi connectivity index (χ2n) is 2.86. The maximum absolute atomic E-state index is 9.00. The van der Waals surface area contributed by atoms with Crippen LogP contribution in [0, 0.1) is 0 Å². The van der Waals surface area contributed by atoms with E-state index in [1.54, 1.807) is 0 Å². The lowest BCUT2D eigenvalue weighted by Crippen LogP contribution is -1.89. The van der Waals surface area contributed by atoms with Crippen LogP contribution in [-0.4, -0.2) is 25.2 Å². The Labute approximate surface area is 106 Å². The molecule has 0 aliphatic rings. The summed E-state index contributed by atoms with van der Waals surface area (Å²) in [7, 11) is 3.75. The molecule has 1 aromatic carbocycles. The number of carbonyl (C=O) groups is 1. The highest BCUT2D eigenvalue weighted by atomic mass is 16.4. The molecule has 17 heavy (non-hydrogen) atoms. The topological polar surface area (TPSA) is 49.3 Å². The van der Waals surface area contributed by atoms with Crippen molar-refractivity contribution in [2.75, 3.05) is 14.1 Å². The van der Waals surface area contributed by atoms with Gasteiger partial charge in [-0.25, -0.2) is 0 Å². The lowest BCUT2D eigenvalue weighted by Gasteiger charge is -1.89. The Hall–Kier alpha value is -1.35. The number of nitrogens with one attached hydrogen (secondary N) is 1. The highest BCUT2D eigenvalue weighted by Gasteiger charge is 1.79. The Bertz CT molecular complexity index is 231. The minimum absolute atomic E-state index is 0.833. The molecule has 0 bridgehead atoms. The molecule has 0 unspecified atom stereocenters. The fourth-order valence-corrected chi connectivity index (χ4v) is 0.714. The van der Waals surface area contributed by atoms with E-state index in [4.69, 9.17) is 9.90 Å². The molecular weight excluding hydrogens is 214 g/mol. The van der Waals surface area contributed by atoms with Crippen LogP contribution in [0.3, 0.4) is 0 Å². The fourth-order valence-electron chi connectivity index (χ4n) is 0.714. The molecule has 3 nitrogen and oxygen atoms in total. The Morgan fingerprint density at radius 1 is 1.18 bits per heavy atom. The molecular formula is C14H27NO2. The maximum Gasteiger partial charge on any atom is 0.300 e. The van der Waals surface area contributed by atoms with Gasteiger partial charge in [-0.2, -0.15) is 0 Å². The molecule has 0 amide bonds. The van der Waals surface area contributed by atoms with Gasteiger partial charge in [-0.3, -0.25) is 4.79 Å². The van der Waals surface area contributed by atoms with E-state index in [9.17, 15) is 0 Å². The zero-order valence-corrected chi connectivity index (χ0v) is 11.9. The normalized spacial score (nSPS) is 7.18. The van der Waals surface area contributed by atoms with Crippen molar-refractivity contribution in [3.8, 4) is 0 Å². The van der Waals surface area contributed by atoms with E-state index < -0.39 is 5.97 Å². The summed E-state index contributed by atoms with van der Waals surface area (Å²) in [5.74, 6) is -0.833. The first kappa shape index (κ1) is 21.0. The molecule has 3 heteroatoms. The molecule has 0 saturated heterocycles. The van der Waals surface area contributed by atoms with Crippen LogP contribution >= 0.6 is 0 Å². The number of hydrogen-bond acceptors (Lipinski definition) is 2. The predicted molar refractivity (Wildman–Crippen MR) is 75.5 cm³/mol. The lowest BCUT2D eigenvalue weighted by molar-refractivity contribution is -0.134. The summed E-state index contributed by atoms with van der Waals surface area (Å²) in [6.07, 6.45) is 1.14. The van der Waals surface area contributed by atoms with Gasteiger partial charge in [-0.05, 0) is 26.1 Å². The minimum atomic E-state index is -0.833. The average Bonchev–Trinajstić information content (AvgIpc) is 2.33. The third-order valence-electron chi connectivity index (χ3n) is 1.25. The van der Waals surface area contributed by atoms with Gasteiger partial charge in [0.25, 0.3) is 5.97 Å². The van der Waals surface area contributed by atoms with E-state index in [0.29, 0.717) is 0 Å². The lowest BCUT2D eigenvalue weighted by atomic mass is 10.2. The van der Waals surface area contributed by atoms with Gasteiger partial charge in [0.2, 0.25) is 0 Å². The second kappa shape index (κ2) is 20.1. The molecule has 1 aromatic rings. The summed E-state index contributed by atoms with van der Waals surface area (Å²) < 4.78 is 0. The molecule has 0 heterocycles. The van der Waals surface area contributed by atoms with Gasteiger partial charge in [0.1, 0.15) is 0 Å². The third-order valence-corrected chi connectivity index (χ3v) is 1.25. The fraction of sp³-hybridized carbons (Fsp3) is 0.500. The molecule has 0 aliphatic carbocycles. The summed E-state index contributed by atoms with van der Waals surface area (Å²) in [4.78, 5) is 9.00. The maximum atomic E-state index is 9.00. The van der Waals surface area contributed by atoms with Crippen molar-refractivity contribution in [3.05, 3.63) is 35.9 Å². The Kier molecular flexibility index (Phi) is 24.8. The molecule has 0 atom stereocenters. The van der Waals surface area contributed by atoms with Crippen LogP contribution in [0.25, 0.3) is 0 Å². The molecule has 0 spiro atoms. The number of aryl methyl sites for hydroxylation is 1.